The van der Waals surface area contributed by atoms with Gasteiger partial charge in [0.25, 0.3) is 0 Å². The number of amides is 1. The van der Waals surface area contributed by atoms with E-state index < -0.39 is 6.09 Å². The summed E-state index contributed by atoms with van der Waals surface area (Å²) in [5, 5.41) is 19.7. The third-order valence-electron chi connectivity index (χ3n) is 6.85. The van der Waals surface area contributed by atoms with Gasteiger partial charge in [-0.1, -0.05) is 42.5 Å². The van der Waals surface area contributed by atoms with Crippen LogP contribution in [0, 0.1) is 0 Å². The van der Waals surface area contributed by atoms with Crippen LogP contribution in [0.2, 0.25) is 0 Å². The van der Waals surface area contributed by atoms with E-state index in [2.05, 4.69) is 52.7 Å². The van der Waals surface area contributed by atoms with Crippen molar-refractivity contribution < 1.29 is 9.90 Å². The largest absolute Gasteiger partial charge is 0.465 e. The van der Waals surface area contributed by atoms with E-state index in [4.69, 9.17) is 10.8 Å². The normalized spacial score (nSPS) is 14.7. The number of aromatic nitrogens is 5. The number of hydrogen-bond acceptors (Lipinski definition) is 5. The highest BCUT2D eigenvalue weighted by Gasteiger charge is 2.27. The Balaban J connectivity index is 1.38. The maximum Gasteiger partial charge on any atom is 0.407 e. The summed E-state index contributed by atoms with van der Waals surface area (Å²) in [4.78, 5) is 17.0. The molecular formula is C26H25N7O2. The second kappa shape index (κ2) is 8.43. The van der Waals surface area contributed by atoms with E-state index in [1.54, 1.807) is 0 Å². The van der Waals surface area contributed by atoms with Crippen LogP contribution in [0.3, 0.4) is 0 Å². The van der Waals surface area contributed by atoms with Crippen LogP contribution in [0.25, 0.3) is 27.5 Å². The van der Waals surface area contributed by atoms with Gasteiger partial charge in [0, 0.05) is 41.8 Å². The second-order valence-corrected chi connectivity index (χ2v) is 9.02. The fourth-order valence-electron chi connectivity index (χ4n) is 5.06. The number of hydrogen-bond donors (Lipinski definition) is 2. The maximum absolute atomic E-state index is 11.3. The highest BCUT2D eigenvalue weighted by atomic mass is 16.4. The summed E-state index contributed by atoms with van der Waals surface area (Å²) in [7, 11) is 0. The number of anilines is 1. The summed E-state index contributed by atoms with van der Waals surface area (Å²) in [5.41, 5.74) is 12.2. The fourth-order valence-corrected chi connectivity index (χ4v) is 5.06. The fraction of sp³-hybridized carbons (Fsp3) is 0.231. The third-order valence-corrected chi connectivity index (χ3v) is 6.85. The molecule has 9 nitrogen and oxygen atoms in total. The van der Waals surface area contributed by atoms with Crippen molar-refractivity contribution in [3.8, 4) is 11.1 Å². The summed E-state index contributed by atoms with van der Waals surface area (Å²) in [5.74, 6) is 0.605. The molecule has 3 N–H and O–H groups in total. The molecule has 0 saturated carbocycles. The molecule has 0 bridgehead atoms. The molecule has 6 rings (SSSR count). The highest BCUT2D eigenvalue weighted by Crippen LogP contribution is 2.37. The van der Waals surface area contributed by atoms with Gasteiger partial charge in [0.05, 0.1) is 12.1 Å². The lowest BCUT2D eigenvalue weighted by molar-refractivity contribution is 0.131. The number of carboxylic acid groups (broad SMARTS) is 1. The van der Waals surface area contributed by atoms with E-state index in [-0.39, 0.29) is 5.92 Å². The number of likely N-dealkylation sites (tertiary alicyclic amines) is 1. The number of fused-ring (bicyclic) bond motifs is 2. The minimum atomic E-state index is -0.865. The molecule has 35 heavy (non-hydrogen) atoms. The van der Waals surface area contributed by atoms with Gasteiger partial charge in [0.2, 0.25) is 0 Å². The standard InChI is InChI=1S/C26H25N7O2/c27-25-24-21(13-23(33(24)29-16-28-25)18-8-10-31(11-9-18)26(34)35)19-6-7-20-15-32(30-22(20)12-19)14-17-4-2-1-3-5-17/h1-7,12-13,15-16,18H,8-11,14H2,(H,34,35)(H2,27,28,29). The number of rotatable bonds is 4. The molecular weight excluding hydrogens is 442 g/mol. The first-order valence-electron chi connectivity index (χ1n) is 11.7. The van der Waals surface area contributed by atoms with Crippen LogP contribution in [0.15, 0.2) is 67.1 Å². The molecule has 1 aliphatic rings. The lowest BCUT2D eigenvalue weighted by Gasteiger charge is -2.29. The van der Waals surface area contributed by atoms with Crippen molar-refractivity contribution in [2.75, 3.05) is 18.8 Å². The molecule has 3 aromatic heterocycles. The molecule has 4 heterocycles. The number of benzene rings is 2. The van der Waals surface area contributed by atoms with Crippen LogP contribution in [0.1, 0.15) is 30.0 Å². The molecule has 1 saturated heterocycles. The van der Waals surface area contributed by atoms with Gasteiger partial charge in [-0.05, 0) is 36.1 Å². The summed E-state index contributed by atoms with van der Waals surface area (Å²) < 4.78 is 3.83. The van der Waals surface area contributed by atoms with Crippen LogP contribution in [0.5, 0.6) is 0 Å². The summed E-state index contributed by atoms with van der Waals surface area (Å²) in [6.45, 7) is 1.72. The van der Waals surface area contributed by atoms with Crippen LogP contribution < -0.4 is 5.73 Å². The van der Waals surface area contributed by atoms with Crippen molar-refractivity contribution in [2.24, 2.45) is 0 Å². The van der Waals surface area contributed by atoms with Crippen LogP contribution in [-0.2, 0) is 6.54 Å². The maximum atomic E-state index is 11.3. The van der Waals surface area contributed by atoms with Crippen LogP contribution >= 0.6 is 0 Å². The van der Waals surface area contributed by atoms with Crippen molar-refractivity contribution in [1.82, 2.24) is 29.3 Å². The van der Waals surface area contributed by atoms with Crippen molar-refractivity contribution in [1.29, 1.82) is 0 Å². The van der Waals surface area contributed by atoms with Gasteiger partial charge >= 0.3 is 6.09 Å². The zero-order chi connectivity index (χ0) is 23.9. The molecule has 0 unspecified atom stereocenters. The molecule has 1 aliphatic heterocycles. The molecule has 1 fully saturated rings. The van der Waals surface area contributed by atoms with E-state index in [0.717, 1.165) is 46.1 Å². The van der Waals surface area contributed by atoms with Gasteiger partial charge in [-0.25, -0.2) is 14.3 Å². The Bertz CT molecular complexity index is 1530. The molecule has 1 amide bonds. The van der Waals surface area contributed by atoms with Crippen molar-refractivity contribution in [2.45, 2.75) is 25.3 Å². The van der Waals surface area contributed by atoms with Crippen LogP contribution in [0.4, 0.5) is 10.6 Å². The average Bonchev–Trinajstić information content (AvgIpc) is 3.46. The van der Waals surface area contributed by atoms with E-state index in [1.165, 1.54) is 16.8 Å². The Morgan fingerprint density at radius 1 is 1.09 bits per heavy atom. The van der Waals surface area contributed by atoms with Gasteiger partial charge < -0.3 is 15.7 Å². The lowest BCUT2D eigenvalue weighted by atomic mass is 9.93. The Morgan fingerprint density at radius 3 is 2.66 bits per heavy atom. The molecule has 0 aliphatic carbocycles. The first kappa shape index (κ1) is 21.2. The Kier molecular flexibility index (Phi) is 5.09. The number of nitrogens with zero attached hydrogens (tertiary/aromatic N) is 6. The molecule has 0 radical (unpaired) electrons. The third kappa shape index (κ3) is 3.84. The predicted molar refractivity (Wildman–Crippen MR) is 133 cm³/mol. The lowest BCUT2D eigenvalue weighted by Crippen LogP contribution is -2.37. The van der Waals surface area contributed by atoms with E-state index in [1.807, 2.05) is 27.4 Å². The summed E-state index contributed by atoms with van der Waals surface area (Å²) in [6.07, 6.45) is 4.14. The Hall–Kier alpha value is -4.40. The average molecular weight is 468 g/mol. The Morgan fingerprint density at radius 2 is 1.89 bits per heavy atom. The summed E-state index contributed by atoms with van der Waals surface area (Å²) in [6, 6.07) is 18.6. The minimum absolute atomic E-state index is 0.190. The SMILES string of the molecule is Nc1ncnn2c(C3CCN(C(=O)O)CC3)cc(-c3ccc4cn(Cc5ccccc5)nc4c3)c12. The first-order valence-corrected chi connectivity index (χ1v) is 11.7. The minimum Gasteiger partial charge on any atom is -0.465 e. The quantitative estimate of drug-likeness (QED) is 0.409. The Labute approximate surface area is 201 Å². The van der Waals surface area contributed by atoms with E-state index in [0.29, 0.717) is 25.5 Å². The van der Waals surface area contributed by atoms with Gasteiger partial charge in [0.15, 0.2) is 5.82 Å². The zero-order valence-electron chi connectivity index (χ0n) is 19.1. The number of nitrogen functional groups attached to an aromatic ring is 1. The molecule has 2 aromatic carbocycles. The topological polar surface area (TPSA) is 115 Å². The number of piperidine rings is 1. The predicted octanol–water partition coefficient (Wildman–Crippen LogP) is 4.23. The van der Waals surface area contributed by atoms with Crippen LogP contribution in [-0.4, -0.2) is 53.6 Å². The second-order valence-electron chi connectivity index (χ2n) is 9.02. The van der Waals surface area contributed by atoms with Gasteiger partial charge in [-0.2, -0.15) is 10.2 Å². The van der Waals surface area contributed by atoms with E-state index >= 15 is 0 Å². The van der Waals surface area contributed by atoms with Gasteiger partial charge in [-0.15, -0.1) is 0 Å². The summed E-state index contributed by atoms with van der Waals surface area (Å²) >= 11 is 0. The zero-order valence-corrected chi connectivity index (χ0v) is 19.1. The van der Waals surface area contributed by atoms with Gasteiger partial charge in [-0.3, -0.25) is 4.68 Å². The van der Waals surface area contributed by atoms with E-state index in [9.17, 15) is 9.90 Å². The molecule has 176 valence electrons. The van der Waals surface area contributed by atoms with Crippen molar-refractivity contribution >= 4 is 28.3 Å². The van der Waals surface area contributed by atoms with Crippen molar-refractivity contribution in [3.63, 3.8) is 0 Å². The number of nitrogens with two attached hydrogens (primary N) is 1. The molecule has 5 aromatic rings. The van der Waals surface area contributed by atoms with Gasteiger partial charge in [0.1, 0.15) is 11.8 Å². The first-order chi connectivity index (χ1) is 17.1. The monoisotopic (exact) mass is 467 g/mol. The molecule has 9 heteroatoms. The van der Waals surface area contributed by atoms with Crippen molar-refractivity contribution in [3.05, 3.63) is 78.4 Å². The highest BCUT2D eigenvalue weighted by molar-refractivity contribution is 5.92. The number of carbonyl (C=O) groups is 1. The molecule has 0 spiro atoms. The molecule has 0 atom stereocenters. The smallest absolute Gasteiger partial charge is 0.407 e.